The predicted molar refractivity (Wildman–Crippen MR) is 70.0 cm³/mol. The van der Waals surface area contributed by atoms with E-state index < -0.39 is 17.2 Å². The summed E-state index contributed by atoms with van der Waals surface area (Å²) in [6.45, 7) is 5.57. The van der Waals surface area contributed by atoms with Gasteiger partial charge in [-0.15, -0.1) is 0 Å². The fourth-order valence-corrected chi connectivity index (χ4v) is 2.51. The van der Waals surface area contributed by atoms with Gasteiger partial charge in [-0.3, -0.25) is 9.69 Å². The quantitative estimate of drug-likeness (QED) is 0.836. The molecule has 0 N–H and O–H groups in total. The third-order valence-corrected chi connectivity index (χ3v) is 3.95. The highest BCUT2D eigenvalue weighted by Gasteiger charge is 2.35. The standard InChI is InChI=1S/C15H19F2NO/c1-15(2,18-7-3-4-8-18)14(19)9-11-5-6-12(16)10-13(11)17/h5-6,10H,3-4,7-9H2,1-2H3. The lowest BCUT2D eigenvalue weighted by atomic mass is 9.92. The zero-order valence-corrected chi connectivity index (χ0v) is 11.4. The third kappa shape index (κ3) is 3.00. The molecule has 0 spiro atoms. The topological polar surface area (TPSA) is 20.3 Å². The number of carbonyl (C=O) groups excluding carboxylic acids is 1. The van der Waals surface area contributed by atoms with Gasteiger partial charge in [0.1, 0.15) is 11.6 Å². The van der Waals surface area contributed by atoms with E-state index in [0.717, 1.165) is 32.0 Å². The van der Waals surface area contributed by atoms with Gasteiger partial charge in [-0.25, -0.2) is 8.78 Å². The summed E-state index contributed by atoms with van der Waals surface area (Å²) in [4.78, 5) is 14.5. The Morgan fingerprint density at radius 2 is 1.89 bits per heavy atom. The normalized spacial score (nSPS) is 16.8. The van der Waals surface area contributed by atoms with Crippen LogP contribution >= 0.6 is 0 Å². The van der Waals surface area contributed by atoms with Crippen LogP contribution in [0.2, 0.25) is 0 Å². The van der Waals surface area contributed by atoms with E-state index in [2.05, 4.69) is 4.90 Å². The number of carbonyl (C=O) groups is 1. The highest BCUT2D eigenvalue weighted by Crippen LogP contribution is 2.24. The van der Waals surface area contributed by atoms with Crippen LogP contribution in [0.25, 0.3) is 0 Å². The van der Waals surface area contributed by atoms with Crippen LogP contribution < -0.4 is 0 Å². The Morgan fingerprint density at radius 3 is 2.47 bits per heavy atom. The largest absolute Gasteiger partial charge is 0.297 e. The van der Waals surface area contributed by atoms with Gasteiger partial charge in [-0.2, -0.15) is 0 Å². The van der Waals surface area contributed by atoms with Gasteiger partial charge in [0, 0.05) is 12.5 Å². The molecule has 1 aliphatic rings. The first-order valence-corrected chi connectivity index (χ1v) is 6.63. The van der Waals surface area contributed by atoms with Crippen molar-refractivity contribution in [3.63, 3.8) is 0 Å². The van der Waals surface area contributed by atoms with Crippen LogP contribution in [0.3, 0.4) is 0 Å². The van der Waals surface area contributed by atoms with E-state index in [0.29, 0.717) is 0 Å². The molecule has 0 bridgehead atoms. The van der Waals surface area contributed by atoms with E-state index in [4.69, 9.17) is 0 Å². The predicted octanol–water partition coefficient (Wildman–Crippen LogP) is 2.95. The number of benzene rings is 1. The molecule has 2 rings (SSSR count). The van der Waals surface area contributed by atoms with E-state index in [-0.39, 0.29) is 17.8 Å². The van der Waals surface area contributed by atoms with Crippen molar-refractivity contribution in [2.75, 3.05) is 13.1 Å². The number of halogens is 2. The van der Waals surface area contributed by atoms with Crippen LogP contribution in [-0.4, -0.2) is 29.3 Å². The van der Waals surface area contributed by atoms with Crippen molar-refractivity contribution in [2.24, 2.45) is 0 Å². The van der Waals surface area contributed by atoms with Crippen molar-refractivity contribution >= 4 is 5.78 Å². The zero-order valence-electron chi connectivity index (χ0n) is 11.4. The first kappa shape index (κ1) is 14.1. The molecule has 104 valence electrons. The van der Waals surface area contributed by atoms with Gasteiger partial charge < -0.3 is 0 Å². The zero-order chi connectivity index (χ0) is 14.0. The average Bonchev–Trinajstić information content (AvgIpc) is 2.86. The summed E-state index contributed by atoms with van der Waals surface area (Å²) in [5, 5.41) is 0. The van der Waals surface area contributed by atoms with E-state index in [1.165, 1.54) is 12.1 Å². The Hall–Kier alpha value is -1.29. The second kappa shape index (κ2) is 5.37. The summed E-state index contributed by atoms with van der Waals surface area (Å²) in [7, 11) is 0. The first-order valence-electron chi connectivity index (χ1n) is 6.63. The minimum absolute atomic E-state index is 0.00954. The minimum atomic E-state index is -0.648. The van der Waals surface area contributed by atoms with Crippen molar-refractivity contribution in [3.8, 4) is 0 Å². The van der Waals surface area contributed by atoms with Crippen LogP contribution in [0.15, 0.2) is 18.2 Å². The summed E-state index contributed by atoms with van der Waals surface area (Å²) < 4.78 is 26.4. The Labute approximate surface area is 112 Å². The number of likely N-dealkylation sites (tertiary alicyclic amines) is 1. The molecule has 19 heavy (non-hydrogen) atoms. The van der Waals surface area contributed by atoms with Gasteiger partial charge in [0.25, 0.3) is 0 Å². The molecule has 1 aromatic rings. The van der Waals surface area contributed by atoms with Gasteiger partial charge in [0.05, 0.1) is 5.54 Å². The van der Waals surface area contributed by atoms with Crippen LogP contribution in [0, 0.1) is 11.6 Å². The monoisotopic (exact) mass is 267 g/mol. The van der Waals surface area contributed by atoms with Crippen molar-refractivity contribution in [2.45, 2.75) is 38.6 Å². The molecule has 0 atom stereocenters. The fraction of sp³-hybridized carbons (Fsp3) is 0.533. The summed E-state index contributed by atoms with van der Waals surface area (Å²) in [5.74, 6) is -1.29. The molecule has 1 saturated heterocycles. The molecule has 1 fully saturated rings. The average molecular weight is 267 g/mol. The number of hydrogen-bond donors (Lipinski definition) is 0. The maximum atomic E-state index is 13.6. The van der Waals surface area contributed by atoms with Crippen molar-refractivity contribution in [1.82, 2.24) is 4.90 Å². The van der Waals surface area contributed by atoms with Gasteiger partial charge in [-0.05, 0) is 51.4 Å². The Balaban J connectivity index is 2.11. The first-order chi connectivity index (χ1) is 8.91. The maximum absolute atomic E-state index is 13.6. The van der Waals surface area contributed by atoms with Crippen LogP contribution in [0.5, 0.6) is 0 Å². The van der Waals surface area contributed by atoms with Gasteiger partial charge >= 0.3 is 0 Å². The Morgan fingerprint density at radius 1 is 1.26 bits per heavy atom. The van der Waals surface area contributed by atoms with E-state index in [1.807, 2.05) is 13.8 Å². The van der Waals surface area contributed by atoms with Crippen LogP contribution in [0.4, 0.5) is 8.78 Å². The highest BCUT2D eigenvalue weighted by atomic mass is 19.1. The highest BCUT2D eigenvalue weighted by molar-refractivity contribution is 5.89. The smallest absolute Gasteiger partial charge is 0.156 e. The summed E-state index contributed by atoms with van der Waals surface area (Å²) in [6.07, 6.45) is 2.21. The number of ketones is 1. The van der Waals surface area contributed by atoms with Crippen LogP contribution in [-0.2, 0) is 11.2 Å². The molecular formula is C15H19F2NO. The van der Waals surface area contributed by atoms with Gasteiger partial charge in [-0.1, -0.05) is 6.07 Å². The Kier molecular flexibility index (Phi) is 3.99. The molecule has 0 aliphatic carbocycles. The number of rotatable bonds is 4. The molecule has 2 nitrogen and oxygen atoms in total. The van der Waals surface area contributed by atoms with Gasteiger partial charge in [0.2, 0.25) is 0 Å². The number of hydrogen-bond acceptors (Lipinski definition) is 2. The number of Topliss-reactive ketones (excluding diaryl/α,β-unsaturated/α-hetero) is 1. The SMILES string of the molecule is CC(C)(C(=O)Cc1ccc(F)cc1F)N1CCCC1. The summed E-state index contributed by atoms with van der Waals surface area (Å²) in [5.41, 5.74) is -0.323. The maximum Gasteiger partial charge on any atom is 0.156 e. The van der Waals surface area contributed by atoms with E-state index in [1.54, 1.807) is 0 Å². The molecule has 0 unspecified atom stereocenters. The third-order valence-electron chi connectivity index (χ3n) is 3.95. The number of nitrogens with zero attached hydrogens (tertiary/aromatic N) is 1. The second-order valence-electron chi connectivity index (χ2n) is 5.59. The van der Waals surface area contributed by atoms with E-state index in [9.17, 15) is 13.6 Å². The molecule has 0 radical (unpaired) electrons. The van der Waals surface area contributed by atoms with Crippen LogP contribution in [0.1, 0.15) is 32.3 Å². The Bertz CT molecular complexity index is 479. The molecule has 1 heterocycles. The molecule has 0 aromatic heterocycles. The molecule has 0 saturated carbocycles. The van der Waals surface area contributed by atoms with Crippen molar-refractivity contribution in [3.05, 3.63) is 35.4 Å². The van der Waals surface area contributed by atoms with Crippen molar-refractivity contribution in [1.29, 1.82) is 0 Å². The lowest BCUT2D eigenvalue weighted by Gasteiger charge is -2.34. The van der Waals surface area contributed by atoms with Crippen molar-refractivity contribution < 1.29 is 13.6 Å². The lowest BCUT2D eigenvalue weighted by molar-refractivity contribution is -0.128. The van der Waals surface area contributed by atoms with Gasteiger partial charge in [0.15, 0.2) is 5.78 Å². The summed E-state index contributed by atoms with van der Waals surface area (Å²) in [6, 6.07) is 3.36. The second-order valence-corrected chi connectivity index (χ2v) is 5.59. The molecule has 4 heteroatoms. The lowest BCUT2D eigenvalue weighted by Crippen LogP contribution is -2.49. The minimum Gasteiger partial charge on any atom is -0.297 e. The molecular weight excluding hydrogens is 248 g/mol. The summed E-state index contributed by atoms with van der Waals surface area (Å²) >= 11 is 0. The molecule has 1 aromatic carbocycles. The molecule has 0 amide bonds. The molecule has 1 aliphatic heterocycles. The fourth-order valence-electron chi connectivity index (χ4n) is 2.51. The van der Waals surface area contributed by atoms with E-state index >= 15 is 0 Å².